The van der Waals surface area contributed by atoms with Crippen molar-refractivity contribution < 1.29 is 9.53 Å². The molecule has 0 radical (unpaired) electrons. The van der Waals surface area contributed by atoms with Crippen LogP contribution in [0, 0.1) is 6.92 Å². The third-order valence-corrected chi connectivity index (χ3v) is 5.19. The molecule has 3 aromatic rings. The van der Waals surface area contributed by atoms with Crippen LogP contribution in [-0.4, -0.2) is 33.7 Å². The number of carbonyl (C=O) groups is 1. The molecule has 28 heavy (non-hydrogen) atoms. The van der Waals surface area contributed by atoms with Gasteiger partial charge in [-0.1, -0.05) is 42.0 Å². The van der Waals surface area contributed by atoms with Crippen molar-refractivity contribution in [3.05, 3.63) is 70.9 Å². The number of nitrogens with one attached hydrogen (secondary N) is 1. The van der Waals surface area contributed by atoms with E-state index in [-0.39, 0.29) is 18.0 Å². The zero-order chi connectivity index (χ0) is 19.8. The van der Waals surface area contributed by atoms with Crippen LogP contribution in [0.5, 0.6) is 5.75 Å². The molecule has 1 aliphatic heterocycles. The molecule has 144 valence electrons. The number of hydrogen-bond donors (Lipinski definition) is 1. The van der Waals surface area contributed by atoms with Crippen LogP contribution in [0.3, 0.4) is 0 Å². The first-order valence-corrected chi connectivity index (χ1v) is 9.72. The first-order valence-electron chi connectivity index (χ1n) is 9.72. The molecule has 5 heteroatoms. The first kappa shape index (κ1) is 18.3. The molecule has 0 bridgehead atoms. The Balaban J connectivity index is 1.84. The summed E-state index contributed by atoms with van der Waals surface area (Å²) in [4.78, 5) is 15.0. The van der Waals surface area contributed by atoms with Crippen LogP contribution < -0.4 is 4.74 Å². The van der Waals surface area contributed by atoms with Crippen LogP contribution in [0.15, 0.2) is 48.5 Å². The minimum absolute atomic E-state index is 0.00486. The molecule has 5 nitrogen and oxygen atoms in total. The lowest BCUT2D eigenvalue weighted by atomic mass is 9.95. The number of aromatic nitrogens is 2. The number of nitrogens with zero attached hydrogens (tertiary/aromatic N) is 2. The summed E-state index contributed by atoms with van der Waals surface area (Å²) >= 11 is 0. The molecule has 1 aromatic heterocycles. The number of aromatic amines is 1. The van der Waals surface area contributed by atoms with E-state index >= 15 is 0 Å². The summed E-state index contributed by atoms with van der Waals surface area (Å²) in [7, 11) is 0. The fraction of sp³-hybridized carbons (Fsp3) is 0.304. The van der Waals surface area contributed by atoms with E-state index in [1.807, 2.05) is 49.9 Å². The second kappa shape index (κ2) is 7.15. The Morgan fingerprint density at radius 2 is 1.79 bits per heavy atom. The number of ether oxygens (including phenoxy) is 1. The largest absolute Gasteiger partial charge is 0.494 e. The van der Waals surface area contributed by atoms with E-state index in [1.54, 1.807) is 0 Å². The van der Waals surface area contributed by atoms with Crippen LogP contribution in [0.1, 0.15) is 54.0 Å². The third-order valence-electron chi connectivity index (χ3n) is 5.19. The summed E-state index contributed by atoms with van der Waals surface area (Å²) in [6.45, 7) is 8.75. The van der Waals surface area contributed by atoms with E-state index in [0.29, 0.717) is 12.3 Å². The molecular weight excluding hydrogens is 350 g/mol. The molecule has 1 atom stereocenters. The molecule has 1 N–H and O–H groups in total. The van der Waals surface area contributed by atoms with Gasteiger partial charge in [-0.3, -0.25) is 9.89 Å². The molecule has 2 heterocycles. The third kappa shape index (κ3) is 2.97. The number of aryl methyl sites for hydroxylation is 1. The minimum Gasteiger partial charge on any atom is -0.494 e. The molecule has 0 fully saturated rings. The monoisotopic (exact) mass is 375 g/mol. The lowest BCUT2D eigenvalue weighted by molar-refractivity contribution is 0.0688. The number of fused-ring (bicyclic) bond motifs is 1. The van der Waals surface area contributed by atoms with E-state index in [9.17, 15) is 4.79 Å². The van der Waals surface area contributed by atoms with Gasteiger partial charge in [0.15, 0.2) is 0 Å². The van der Waals surface area contributed by atoms with Crippen LogP contribution in [0.4, 0.5) is 0 Å². The molecule has 1 amide bonds. The number of carbonyl (C=O) groups excluding carboxylic acids is 1. The number of rotatable bonds is 5. The van der Waals surface area contributed by atoms with Gasteiger partial charge in [-0.05, 0) is 45.4 Å². The predicted octanol–water partition coefficient (Wildman–Crippen LogP) is 4.74. The maximum absolute atomic E-state index is 13.1. The van der Waals surface area contributed by atoms with Gasteiger partial charge in [0.25, 0.3) is 5.91 Å². The fourth-order valence-electron chi connectivity index (χ4n) is 3.87. The summed E-state index contributed by atoms with van der Waals surface area (Å²) in [6.07, 6.45) is 0. The van der Waals surface area contributed by atoms with Crippen LogP contribution in [-0.2, 0) is 0 Å². The zero-order valence-electron chi connectivity index (χ0n) is 16.7. The highest BCUT2D eigenvalue weighted by atomic mass is 16.5. The number of H-pyrrole nitrogens is 1. The molecule has 1 aliphatic rings. The Bertz CT molecular complexity index is 988. The standard InChI is InChI=1S/C23H25N3O2/c1-5-28-18-12-10-17(11-13-18)22-19-20(16-8-6-15(4)7-9-16)24-25-21(19)23(27)26(22)14(2)3/h6-14,22H,5H2,1-4H3,(H,24,25). The average Bonchev–Trinajstić information content (AvgIpc) is 3.23. The van der Waals surface area contributed by atoms with Gasteiger partial charge >= 0.3 is 0 Å². The summed E-state index contributed by atoms with van der Waals surface area (Å²) < 4.78 is 5.58. The maximum Gasteiger partial charge on any atom is 0.273 e. The number of amides is 1. The van der Waals surface area contributed by atoms with Crippen molar-refractivity contribution in [2.75, 3.05) is 6.61 Å². The number of hydrogen-bond acceptors (Lipinski definition) is 3. The molecular formula is C23H25N3O2. The molecule has 0 saturated carbocycles. The van der Waals surface area contributed by atoms with Gasteiger partial charge in [0.1, 0.15) is 11.4 Å². The highest BCUT2D eigenvalue weighted by Gasteiger charge is 2.43. The first-order chi connectivity index (χ1) is 13.5. The second-order valence-electron chi connectivity index (χ2n) is 7.44. The summed E-state index contributed by atoms with van der Waals surface area (Å²) in [5, 5.41) is 7.51. The molecule has 0 saturated heterocycles. The van der Waals surface area contributed by atoms with Crippen LogP contribution in [0.2, 0.25) is 0 Å². The summed E-state index contributed by atoms with van der Waals surface area (Å²) in [5.41, 5.74) is 5.63. The molecule has 4 rings (SSSR count). The Hall–Kier alpha value is -3.08. The lowest BCUT2D eigenvalue weighted by Crippen LogP contribution is -2.35. The topological polar surface area (TPSA) is 58.2 Å². The van der Waals surface area contributed by atoms with Gasteiger partial charge in [-0.25, -0.2) is 0 Å². The van der Waals surface area contributed by atoms with Crippen molar-refractivity contribution in [3.8, 4) is 17.0 Å². The summed E-state index contributed by atoms with van der Waals surface area (Å²) in [5.74, 6) is 0.826. The Morgan fingerprint density at radius 1 is 1.11 bits per heavy atom. The Morgan fingerprint density at radius 3 is 2.39 bits per heavy atom. The summed E-state index contributed by atoms with van der Waals surface area (Å²) in [6, 6.07) is 16.2. The van der Waals surface area contributed by atoms with Crippen molar-refractivity contribution >= 4 is 5.91 Å². The highest BCUT2D eigenvalue weighted by Crippen LogP contribution is 2.43. The van der Waals surface area contributed by atoms with E-state index in [4.69, 9.17) is 4.74 Å². The van der Waals surface area contributed by atoms with Crippen molar-refractivity contribution in [1.29, 1.82) is 0 Å². The van der Waals surface area contributed by atoms with Gasteiger partial charge in [0, 0.05) is 17.2 Å². The quantitative estimate of drug-likeness (QED) is 0.701. The second-order valence-corrected chi connectivity index (χ2v) is 7.44. The zero-order valence-corrected chi connectivity index (χ0v) is 16.7. The Kier molecular flexibility index (Phi) is 4.67. The van der Waals surface area contributed by atoms with Crippen molar-refractivity contribution in [3.63, 3.8) is 0 Å². The van der Waals surface area contributed by atoms with E-state index in [2.05, 4.69) is 41.4 Å². The number of benzene rings is 2. The normalized spacial score (nSPS) is 16.0. The van der Waals surface area contributed by atoms with Crippen molar-refractivity contribution in [2.24, 2.45) is 0 Å². The molecule has 0 aliphatic carbocycles. The SMILES string of the molecule is CCOc1ccc(C2c3c(-c4ccc(C)cc4)n[nH]c3C(=O)N2C(C)C)cc1. The molecule has 1 unspecified atom stereocenters. The minimum atomic E-state index is -0.173. The average molecular weight is 375 g/mol. The van der Waals surface area contributed by atoms with Gasteiger partial charge in [0.2, 0.25) is 0 Å². The molecule has 0 spiro atoms. The Labute approximate surface area is 165 Å². The van der Waals surface area contributed by atoms with Crippen LogP contribution in [0.25, 0.3) is 11.3 Å². The highest BCUT2D eigenvalue weighted by molar-refractivity contribution is 6.00. The van der Waals surface area contributed by atoms with Crippen molar-refractivity contribution in [1.82, 2.24) is 15.1 Å². The van der Waals surface area contributed by atoms with E-state index < -0.39 is 0 Å². The molecule has 2 aromatic carbocycles. The fourth-order valence-corrected chi connectivity index (χ4v) is 3.87. The van der Waals surface area contributed by atoms with E-state index in [1.165, 1.54) is 5.56 Å². The van der Waals surface area contributed by atoms with Gasteiger partial charge < -0.3 is 9.64 Å². The lowest BCUT2D eigenvalue weighted by Gasteiger charge is -2.30. The van der Waals surface area contributed by atoms with Gasteiger partial charge in [0.05, 0.1) is 18.3 Å². The van der Waals surface area contributed by atoms with Gasteiger partial charge in [-0.15, -0.1) is 0 Å². The van der Waals surface area contributed by atoms with Crippen molar-refractivity contribution in [2.45, 2.75) is 39.8 Å². The van der Waals surface area contributed by atoms with Gasteiger partial charge in [-0.2, -0.15) is 5.10 Å². The maximum atomic E-state index is 13.1. The smallest absolute Gasteiger partial charge is 0.273 e. The van der Waals surface area contributed by atoms with Crippen LogP contribution >= 0.6 is 0 Å². The van der Waals surface area contributed by atoms with E-state index in [0.717, 1.165) is 28.1 Å². The predicted molar refractivity (Wildman–Crippen MR) is 110 cm³/mol.